The van der Waals surface area contributed by atoms with Crippen molar-refractivity contribution in [3.63, 3.8) is 0 Å². The quantitative estimate of drug-likeness (QED) is 0.776. The number of halogens is 2. The summed E-state index contributed by atoms with van der Waals surface area (Å²) in [6.07, 6.45) is 4.44. The molecule has 1 saturated heterocycles. The molecule has 3 aliphatic rings. The third-order valence-electron chi connectivity index (χ3n) is 6.75. The van der Waals surface area contributed by atoms with Gasteiger partial charge in [-0.2, -0.15) is 0 Å². The van der Waals surface area contributed by atoms with Crippen molar-refractivity contribution in [2.75, 3.05) is 13.1 Å². The molecule has 1 saturated carbocycles. The Hall–Kier alpha value is -2.96. The van der Waals surface area contributed by atoms with E-state index in [1.165, 1.54) is 0 Å². The van der Waals surface area contributed by atoms with E-state index in [1.54, 1.807) is 4.90 Å². The molecule has 2 heterocycles. The predicted molar refractivity (Wildman–Crippen MR) is 114 cm³/mol. The Morgan fingerprint density at radius 1 is 1.06 bits per heavy atom. The molecule has 2 aromatic rings. The molecule has 2 amide bonds. The van der Waals surface area contributed by atoms with Gasteiger partial charge in [-0.25, -0.2) is 8.78 Å². The van der Waals surface area contributed by atoms with Crippen LogP contribution < -0.4 is 10.1 Å². The Morgan fingerprint density at radius 3 is 2.44 bits per heavy atom. The van der Waals surface area contributed by atoms with E-state index in [2.05, 4.69) is 5.32 Å². The molecule has 0 aromatic heterocycles. The number of para-hydroxylation sites is 1. The fraction of sp³-hybridized carbons (Fsp3) is 0.440. The lowest BCUT2D eigenvalue weighted by atomic mass is 9.76. The van der Waals surface area contributed by atoms with Crippen molar-refractivity contribution in [3.05, 3.63) is 65.2 Å². The summed E-state index contributed by atoms with van der Waals surface area (Å²) in [5, 5.41) is 3.08. The lowest BCUT2D eigenvalue weighted by Gasteiger charge is -2.47. The van der Waals surface area contributed by atoms with Crippen molar-refractivity contribution in [1.82, 2.24) is 10.2 Å². The maximum absolute atomic E-state index is 13.5. The number of piperidine rings is 1. The third kappa shape index (κ3) is 4.33. The summed E-state index contributed by atoms with van der Waals surface area (Å²) >= 11 is 0. The number of likely N-dealkylation sites (tertiary alicyclic amines) is 1. The van der Waals surface area contributed by atoms with Crippen LogP contribution in [0.25, 0.3) is 0 Å². The topological polar surface area (TPSA) is 58.6 Å². The van der Waals surface area contributed by atoms with Crippen LogP contribution in [0, 0.1) is 11.6 Å². The Balaban J connectivity index is 1.30. The number of hydrogen-bond donors (Lipinski definition) is 1. The second-order valence-electron chi connectivity index (χ2n) is 9.22. The highest BCUT2D eigenvalue weighted by Gasteiger charge is 2.44. The summed E-state index contributed by atoms with van der Waals surface area (Å²) in [7, 11) is 0. The zero-order valence-electron chi connectivity index (χ0n) is 17.8. The van der Waals surface area contributed by atoms with Crippen molar-refractivity contribution >= 4 is 11.8 Å². The number of carbonyl (C=O) groups is 2. The summed E-state index contributed by atoms with van der Waals surface area (Å²) in [4.78, 5) is 26.9. The van der Waals surface area contributed by atoms with E-state index in [0.717, 1.165) is 42.4 Å². The molecule has 168 valence electrons. The number of nitrogens with one attached hydrogen (secondary N) is 1. The normalized spacial score (nSPS) is 21.6. The van der Waals surface area contributed by atoms with Crippen LogP contribution in [-0.4, -0.2) is 41.4 Å². The van der Waals surface area contributed by atoms with Gasteiger partial charge in [0.1, 0.15) is 23.0 Å². The second-order valence-corrected chi connectivity index (χ2v) is 9.22. The van der Waals surface area contributed by atoms with E-state index >= 15 is 0 Å². The van der Waals surface area contributed by atoms with Crippen molar-refractivity contribution in [3.8, 4) is 5.75 Å². The van der Waals surface area contributed by atoms with Gasteiger partial charge < -0.3 is 15.0 Å². The minimum absolute atomic E-state index is 0.0166. The van der Waals surface area contributed by atoms with Gasteiger partial charge in [0, 0.05) is 55.9 Å². The van der Waals surface area contributed by atoms with Crippen LogP contribution in [0.5, 0.6) is 5.75 Å². The van der Waals surface area contributed by atoms with Gasteiger partial charge in [0.15, 0.2) is 0 Å². The van der Waals surface area contributed by atoms with Crippen LogP contribution in [0.15, 0.2) is 42.5 Å². The molecule has 5 nitrogen and oxygen atoms in total. The van der Waals surface area contributed by atoms with Gasteiger partial charge in [-0.1, -0.05) is 18.2 Å². The van der Waals surface area contributed by atoms with Crippen LogP contribution in [-0.2, 0) is 4.79 Å². The molecule has 1 aliphatic carbocycles. The number of hydrogen-bond acceptors (Lipinski definition) is 3. The number of ether oxygens (including phenoxy) is 1. The third-order valence-corrected chi connectivity index (χ3v) is 6.75. The zero-order valence-corrected chi connectivity index (χ0v) is 17.8. The van der Waals surface area contributed by atoms with Gasteiger partial charge in [-0.3, -0.25) is 9.59 Å². The SMILES string of the molecule is O=C(CC1CC2(CCN(C(=O)c3cc(F)cc(F)c3)CC2)Oc2ccccc21)NC1CC1. The highest BCUT2D eigenvalue weighted by atomic mass is 19.1. The highest BCUT2D eigenvalue weighted by Crippen LogP contribution is 2.46. The molecule has 1 atom stereocenters. The number of nitrogens with zero attached hydrogens (tertiary/aromatic N) is 1. The summed E-state index contributed by atoms with van der Waals surface area (Å²) < 4.78 is 33.5. The zero-order chi connectivity index (χ0) is 22.3. The molecule has 2 aromatic carbocycles. The molecule has 0 radical (unpaired) electrons. The fourth-order valence-electron chi connectivity index (χ4n) is 4.95. The molecule has 2 aliphatic heterocycles. The summed E-state index contributed by atoms with van der Waals surface area (Å²) in [5.74, 6) is -0.976. The van der Waals surface area contributed by atoms with Crippen LogP contribution >= 0.6 is 0 Å². The molecule has 1 unspecified atom stereocenters. The fourth-order valence-corrected chi connectivity index (χ4v) is 4.95. The molecule has 7 heteroatoms. The van der Waals surface area contributed by atoms with E-state index in [1.807, 2.05) is 24.3 Å². The van der Waals surface area contributed by atoms with Crippen LogP contribution in [0.1, 0.15) is 60.4 Å². The number of benzene rings is 2. The van der Waals surface area contributed by atoms with E-state index < -0.39 is 17.2 Å². The standard InChI is InChI=1S/C25H26F2N2O3/c26-18-11-16(12-19(27)14-18)24(31)29-9-7-25(8-10-29)15-17(13-23(30)28-20-5-6-20)21-3-1-2-4-22(21)32-25/h1-4,11-12,14,17,20H,5-10,13,15H2,(H,28,30). The molecule has 1 N–H and O–H groups in total. The molecule has 32 heavy (non-hydrogen) atoms. The number of rotatable bonds is 4. The van der Waals surface area contributed by atoms with Crippen molar-refractivity contribution in [1.29, 1.82) is 0 Å². The smallest absolute Gasteiger partial charge is 0.254 e. The summed E-state index contributed by atoms with van der Waals surface area (Å²) in [6.45, 7) is 0.861. The Bertz CT molecular complexity index is 1020. The first-order valence-electron chi connectivity index (χ1n) is 11.2. The van der Waals surface area contributed by atoms with Gasteiger partial charge in [-0.15, -0.1) is 0 Å². The summed E-state index contributed by atoms with van der Waals surface area (Å²) in [6, 6.07) is 11.1. The average molecular weight is 440 g/mol. The van der Waals surface area contributed by atoms with E-state index in [4.69, 9.17) is 4.74 Å². The van der Waals surface area contributed by atoms with Crippen molar-refractivity contribution in [2.24, 2.45) is 0 Å². The average Bonchev–Trinajstić information content (AvgIpc) is 3.57. The minimum Gasteiger partial charge on any atom is -0.487 e. The number of fused-ring (bicyclic) bond motifs is 1. The monoisotopic (exact) mass is 440 g/mol. The molecule has 5 rings (SSSR count). The van der Waals surface area contributed by atoms with Crippen LogP contribution in [0.2, 0.25) is 0 Å². The maximum Gasteiger partial charge on any atom is 0.254 e. The predicted octanol–water partition coefficient (Wildman–Crippen LogP) is 4.17. The van der Waals surface area contributed by atoms with Crippen molar-refractivity contribution in [2.45, 2.75) is 56.1 Å². The lowest BCUT2D eigenvalue weighted by molar-refractivity contribution is -0.122. The summed E-state index contributed by atoms with van der Waals surface area (Å²) in [5.41, 5.74) is 0.615. The first-order valence-corrected chi connectivity index (χ1v) is 11.2. The van der Waals surface area contributed by atoms with Gasteiger partial charge in [0.2, 0.25) is 5.91 Å². The highest BCUT2D eigenvalue weighted by molar-refractivity contribution is 5.94. The van der Waals surface area contributed by atoms with Crippen LogP contribution in [0.3, 0.4) is 0 Å². The molecular weight excluding hydrogens is 414 g/mol. The minimum atomic E-state index is -0.763. The van der Waals surface area contributed by atoms with Crippen molar-refractivity contribution < 1.29 is 23.1 Å². The second kappa shape index (κ2) is 8.19. The Kier molecular flexibility index (Phi) is 5.35. The van der Waals surface area contributed by atoms with Crippen LogP contribution in [0.4, 0.5) is 8.78 Å². The van der Waals surface area contributed by atoms with E-state index in [-0.39, 0.29) is 23.3 Å². The molecule has 2 fully saturated rings. The number of amides is 2. The Morgan fingerprint density at radius 2 is 1.75 bits per heavy atom. The van der Waals surface area contributed by atoms with Gasteiger partial charge in [0.05, 0.1) is 0 Å². The largest absolute Gasteiger partial charge is 0.487 e. The van der Waals surface area contributed by atoms with E-state index in [0.29, 0.717) is 44.8 Å². The lowest BCUT2D eigenvalue weighted by Crippen LogP contribution is -2.52. The maximum atomic E-state index is 13.5. The molecule has 1 spiro atoms. The van der Waals surface area contributed by atoms with Gasteiger partial charge >= 0.3 is 0 Å². The first kappa shape index (κ1) is 20.9. The number of carbonyl (C=O) groups excluding carboxylic acids is 2. The van der Waals surface area contributed by atoms with E-state index in [9.17, 15) is 18.4 Å². The first-order chi connectivity index (χ1) is 15.4. The van der Waals surface area contributed by atoms with Gasteiger partial charge in [0.25, 0.3) is 5.91 Å². The molecule has 0 bridgehead atoms. The molecular formula is C25H26F2N2O3. The van der Waals surface area contributed by atoms with Gasteiger partial charge in [-0.05, 0) is 43.0 Å². The Labute approximate surface area is 185 Å².